The quantitative estimate of drug-likeness (QED) is 0.489. The van der Waals surface area contributed by atoms with Gasteiger partial charge in [-0.3, -0.25) is 0 Å². The van der Waals surface area contributed by atoms with Crippen LogP contribution in [0.15, 0.2) is 60.7 Å². The number of halogens is 1. The molecule has 0 N–H and O–H groups in total. The second kappa shape index (κ2) is 7.66. The summed E-state index contributed by atoms with van der Waals surface area (Å²) in [6.45, 7) is 0.0293. The normalized spacial score (nSPS) is 9.95. The monoisotopic (exact) mass is 280 g/mol. The first-order valence-electron chi connectivity index (χ1n) is 6.38. The predicted molar refractivity (Wildman–Crippen MR) is 79.7 cm³/mol. The maximum atomic E-state index is 12.7. The third-order valence-corrected chi connectivity index (χ3v) is 2.57. The third-order valence-electron chi connectivity index (χ3n) is 2.57. The molecule has 0 saturated heterocycles. The van der Waals surface area contributed by atoms with Crippen LogP contribution in [-0.4, -0.2) is 12.6 Å². The number of hydrogen-bond donors (Lipinski definition) is 0. The smallest absolute Gasteiger partial charge is 0.331 e. The summed E-state index contributed by atoms with van der Waals surface area (Å²) >= 11 is 0. The molecule has 3 heteroatoms. The Balaban J connectivity index is 1.80. The van der Waals surface area contributed by atoms with Crippen LogP contribution >= 0.6 is 0 Å². The summed E-state index contributed by atoms with van der Waals surface area (Å²) in [5.41, 5.74) is 1.60. The minimum atomic E-state index is -0.485. The second-order valence-corrected chi connectivity index (χ2v) is 4.16. The van der Waals surface area contributed by atoms with Gasteiger partial charge in [-0.05, 0) is 35.9 Å². The first-order valence-corrected chi connectivity index (χ1v) is 6.38. The van der Waals surface area contributed by atoms with Crippen molar-refractivity contribution in [2.45, 2.75) is 0 Å². The molecule has 2 rings (SSSR count). The maximum Gasteiger partial charge on any atom is 0.331 e. The predicted octanol–water partition coefficient (Wildman–Crippen LogP) is 3.43. The van der Waals surface area contributed by atoms with Crippen LogP contribution in [0.1, 0.15) is 11.1 Å². The molecule has 21 heavy (non-hydrogen) atoms. The lowest BCUT2D eigenvalue weighted by atomic mass is 10.2. The summed E-state index contributed by atoms with van der Waals surface area (Å²) in [5.74, 6) is 4.85. The molecule has 0 unspecified atom stereocenters. The van der Waals surface area contributed by atoms with Crippen LogP contribution in [0.2, 0.25) is 0 Å². The Morgan fingerprint density at radius 3 is 2.52 bits per heavy atom. The Labute approximate surface area is 122 Å². The Morgan fingerprint density at radius 2 is 1.81 bits per heavy atom. The molecule has 0 aromatic heterocycles. The van der Waals surface area contributed by atoms with Crippen molar-refractivity contribution in [1.29, 1.82) is 0 Å². The first kappa shape index (κ1) is 14.5. The number of benzene rings is 2. The zero-order valence-electron chi connectivity index (χ0n) is 11.3. The summed E-state index contributed by atoms with van der Waals surface area (Å²) in [6.07, 6.45) is 2.85. The minimum Gasteiger partial charge on any atom is -0.449 e. The summed E-state index contributed by atoms with van der Waals surface area (Å²) in [4.78, 5) is 11.4. The van der Waals surface area contributed by atoms with Gasteiger partial charge in [0.05, 0.1) is 0 Å². The molecule has 0 aliphatic rings. The van der Waals surface area contributed by atoms with Crippen LogP contribution in [0.25, 0.3) is 6.08 Å². The molecule has 0 aliphatic heterocycles. The van der Waals surface area contributed by atoms with Crippen molar-refractivity contribution < 1.29 is 13.9 Å². The molecule has 0 saturated carbocycles. The van der Waals surface area contributed by atoms with Crippen LogP contribution in [0, 0.1) is 17.7 Å². The van der Waals surface area contributed by atoms with E-state index in [0.717, 1.165) is 11.1 Å². The fourth-order valence-corrected chi connectivity index (χ4v) is 1.55. The number of ether oxygens (including phenoxy) is 1. The standard InChI is InChI=1S/C18H13FO2/c19-17-11-8-16(9-12-17)10-13-18(20)21-14-4-7-15-5-2-1-3-6-15/h1-3,5-6,8-13H,14H2/b13-10+. The molecule has 2 aromatic rings. The third kappa shape index (κ3) is 5.33. The van der Waals surface area contributed by atoms with E-state index in [1.165, 1.54) is 18.2 Å². The molecule has 0 atom stereocenters. The van der Waals surface area contributed by atoms with Gasteiger partial charge in [0, 0.05) is 11.6 Å². The molecular weight excluding hydrogens is 267 g/mol. The molecule has 0 heterocycles. The largest absolute Gasteiger partial charge is 0.449 e. The number of carbonyl (C=O) groups excluding carboxylic acids is 1. The van der Waals surface area contributed by atoms with E-state index in [-0.39, 0.29) is 12.4 Å². The number of hydrogen-bond acceptors (Lipinski definition) is 2. The molecule has 0 amide bonds. The van der Waals surface area contributed by atoms with E-state index in [0.29, 0.717) is 0 Å². The van der Waals surface area contributed by atoms with Crippen molar-refractivity contribution in [3.8, 4) is 11.8 Å². The van der Waals surface area contributed by atoms with E-state index < -0.39 is 5.97 Å². The van der Waals surface area contributed by atoms with E-state index >= 15 is 0 Å². The molecule has 0 aliphatic carbocycles. The summed E-state index contributed by atoms with van der Waals surface area (Å²) in [7, 11) is 0. The van der Waals surface area contributed by atoms with Crippen LogP contribution in [0.5, 0.6) is 0 Å². The van der Waals surface area contributed by atoms with E-state index in [2.05, 4.69) is 11.8 Å². The summed E-state index contributed by atoms with van der Waals surface area (Å²) < 4.78 is 17.6. The molecule has 0 bridgehead atoms. The van der Waals surface area contributed by atoms with Gasteiger partial charge >= 0.3 is 5.97 Å². The van der Waals surface area contributed by atoms with E-state index in [1.54, 1.807) is 18.2 Å². The Hall–Kier alpha value is -2.86. The Morgan fingerprint density at radius 1 is 1.10 bits per heavy atom. The van der Waals surface area contributed by atoms with Gasteiger partial charge in [0.15, 0.2) is 6.61 Å². The molecule has 104 valence electrons. The van der Waals surface area contributed by atoms with Crippen molar-refractivity contribution >= 4 is 12.0 Å². The molecule has 2 aromatic carbocycles. The van der Waals surface area contributed by atoms with Crippen molar-refractivity contribution in [3.63, 3.8) is 0 Å². The van der Waals surface area contributed by atoms with Gasteiger partial charge in [-0.25, -0.2) is 9.18 Å². The van der Waals surface area contributed by atoms with Crippen LogP contribution in [0.4, 0.5) is 4.39 Å². The SMILES string of the molecule is O=C(/C=C/c1ccc(F)cc1)OCC#Cc1ccccc1. The minimum absolute atomic E-state index is 0.0293. The van der Waals surface area contributed by atoms with Gasteiger partial charge in [0.2, 0.25) is 0 Å². The van der Waals surface area contributed by atoms with Gasteiger partial charge in [-0.2, -0.15) is 0 Å². The lowest BCUT2D eigenvalue weighted by molar-refractivity contribution is -0.136. The van der Waals surface area contributed by atoms with Crippen molar-refractivity contribution in [3.05, 3.63) is 77.6 Å². The van der Waals surface area contributed by atoms with Crippen molar-refractivity contribution in [2.75, 3.05) is 6.61 Å². The van der Waals surface area contributed by atoms with Crippen LogP contribution in [0.3, 0.4) is 0 Å². The Bertz CT molecular complexity index is 677. The van der Waals surface area contributed by atoms with Gasteiger partial charge in [-0.15, -0.1) is 0 Å². The molecule has 0 spiro atoms. The van der Waals surface area contributed by atoms with E-state index in [1.807, 2.05) is 30.3 Å². The van der Waals surface area contributed by atoms with Gasteiger partial charge < -0.3 is 4.74 Å². The fraction of sp³-hybridized carbons (Fsp3) is 0.0556. The average Bonchev–Trinajstić information content (AvgIpc) is 2.52. The summed E-state index contributed by atoms with van der Waals surface area (Å²) in [6, 6.07) is 15.3. The van der Waals surface area contributed by atoms with E-state index in [4.69, 9.17) is 4.74 Å². The van der Waals surface area contributed by atoms with E-state index in [9.17, 15) is 9.18 Å². The zero-order valence-corrected chi connectivity index (χ0v) is 11.3. The highest BCUT2D eigenvalue weighted by Crippen LogP contribution is 2.04. The summed E-state index contributed by atoms with van der Waals surface area (Å²) in [5, 5.41) is 0. The fourth-order valence-electron chi connectivity index (χ4n) is 1.55. The molecule has 0 radical (unpaired) electrons. The van der Waals surface area contributed by atoms with Crippen LogP contribution in [-0.2, 0) is 9.53 Å². The number of rotatable bonds is 3. The van der Waals surface area contributed by atoms with Gasteiger partial charge in [0.25, 0.3) is 0 Å². The molecule has 0 fully saturated rings. The highest BCUT2D eigenvalue weighted by atomic mass is 19.1. The molecular formula is C18H13FO2. The maximum absolute atomic E-state index is 12.7. The zero-order chi connectivity index (χ0) is 14.9. The lowest BCUT2D eigenvalue weighted by Gasteiger charge is -1.95. The highest BCUT2D eigenvalue weighted by molar-refractivity contribution is 5.87. The highest BCUT2D eigenvalue weighted by Gasteiger charge is 1.95. The van der Waals surface area contributed by atoms with Gasteiger partial charge in [0.1, 0.15) is 5.82 Å². The van der Waals surface area contributed by atoms with Crippen molar-refractivity contribution in [2.24, 2.45) is 0 Å². The lowest BCUT2D eigenvalue weighted by Crippen LogP contribution is -2.00. The van der Waals surface area contributed by atoms with Gasteiger partial charge in [-0.1, -0.05) is 42.2 Å². The number of carbonyl (C=O) groups is 1. The van der Waals surface area contributed by atoms with Crippen molar-refractivity contribution in [1.82, 2.24) is 0 Å². The second-order valence-electron chi connectivity index (χ2n) is 4.16. The van der Waals surface area contributed by atoms with Crippen LogP contribution < -0.4 is 0 Å². The topological polar surface area (TPSA) is 26.3 Å². The number of esters is 1. The Kier molecular flexibility index (Phi) is 5.31. The first-order chi connectivity index (χ1) is 10.2. The molecule has 2 nitrogen and oxygen atoms in total. The average molecular weight is 280 g/mol.